The smallest absolute Gasteiger partial charge is 0.328 e. The number of piperidine rings is 1. The lowest BCUT2D eigenvalue weighted by molar-refractivity contribution is -0.126. The van der Waals surface area contributed by atoms with E-state index in [0.29, 0.717) is 17.9 Å². The highest BCUT2D eigenvalue weighted by atomic mass is 16.2. The summed E-state index contributed by atoms with van der Waals surface area (Å²) < 4.78 is 1.57. The number of nitrogens with zero attached hydrogens (tertiary/aromatic N) is 1. The summed E-state index contributed by atoms with van der Waals surface area (Å²) in [6, 6.07) is -0.0495. The van der Waals surface area contributed by atoms with E-state index in [2.05, 4.69) is 10.3 Å². The van der Waals surface area contributed by atoms with Gasteiger partial charge in [0.2, 0.25) is 5.91 Å². The molecule has 3 atom stereocenters. The van der Waals surface area contributed by atoms with Crippen LogP contribution in [0, 0.1) is 12.8 Å². The molecule has 19 heavy (non-hydrogen) atoms. The lowest BCUT2D eigenvalue weighted by atomic mass is 9.77. The van der Waals surface area contributed by atoms with Crippen molar-refractivity contribution in [3.8, 4) is 0 Å². The maximum atomic E-state index is 11.9. The van der Waals surface area contributed by atoms with Gasteiger partial charge in [-0.05, 0) is 32.1 Å². The van der Waals surface area contributed by atoms with Crippen molar-refractivity contribution in [1.29, 1.82) is 0 Å². The number of carbonyl (C=O) groups is 1. The first-order valence-corrected chi connectivity index (χ1v) is 6.66. The van der Waals surface area contributed by atoms with Crippen LogP contribution in [-0.2, 0) is 4.79 Å². The summed E-state index contributed by atoms with van der Waals surface area (Å²) in [5, 5.41) is 2.97. The van der Waals surface area contributed by atoms with Crippen LogP contribution < -0.4 is 16.6 Å². The third-order valence-corrected chi connectivity index (χ3v) is 4.25. The van der Waals surface area contributed by atoms with Gasteiger partial charge in [-0.2, -0.15) is 0 Å². The van der Waals surface area contributed by atoms with Crippen LogP contribution in [0.3, 0.4) is 0 Å². The Kier molecular flexibility index (Phi) is 2.80. The molecule has 0 spiro atoms. The molecule has 1 aromatic rings. The Bertz CT molecular complexity index is 631. The summed E-state index contributed by atoms with van der Waals surface area (Å²) in [6.45, 7) is 1.68. The second-order valence-corrected chi connectivity index (χ2v) is 5.60. The summed E-state index contributed by atoms with van der Waals surface area (Å²) in [4.78, 5) is 37.3. The van der Waals surface area contributed by atoms with E-state index in [0.717, 1.165) is 19.3 Å². The van der Waals surface area contributed by atoms with Crippen molar-refractivity contribution in [2.24, 2.45) is 5.92 Å². The van der Waals surface area contributed by atoms with Crippen molar-refractivity contribution < 1.29 is 4.79 Å². The lowest BCUT2D eigenvalue weighted by Gasteiger charge is -2.40. The normalized spacial score (nSPS) is 29.9. The van der Waals surface area contributed by atoms with E-state index in [1.165, 1.54) is 0 Å². The standard InChI is InChI=1S/C13H17N3O3/c1-7-6-16(13(19)15-12(7)18)10-3-2-8-4-9(10)14-11(17)5-8/h6,8-10H,2-5H2,1H3,(H,14,17)(H,15,18,19)/t8-,9+,10-/m1/s1. The topological polar surface area (TPSA) is 84.0 Å². The molecule has 6 heteroatoms. The van der Waals surface area contributed by atoms with Crippen LogP contribution in [0.1, 0.15) is 37.3 Å². The first-order chi connectivity index (χ1) is 9.04. The number of carbonyl (C=O) groups excluding carboxylic acids is 1. The van der Waals surface area contributed by atoms with E-state index in [1.54, 1.807) is 17.7 Å². The minimum Gasteiger partial charge on any atom is -0.351 e. The van der Waals surface area contributed by atoms with Gasteiger partial charge in [0, 0.05) is 24.2 Å². The molecule has 3 rings (SSSR count). The average Bonchev–Trinajstić information content (AvgIpc) is 2.34. The molecule has 1 aliphatic heterocycles. The third kappa shape index (κ3) is 2.11. The van der Waals surface area contributed by atoms with E-state index in [-0.39, 0.29) is 29.2 Å². The molecular weight excluding hydrogens is 246 g/mol. The molecule has 1 aromatic heterocycles. The summed E-state index contributed by atoms with van der Waals surface area (Å²) in [5.41, 5.74) is -0.217. The van der Waals surface area contributed by atoms with Crippen molar-refractivity contribution in [1.82, 2.24) is 14.9 Å². The lowest BCUT2D eigenvalue weighted by Crippen LogP contribution is -2.52. The highest BCUT2D eigenvalue weighted by Gasteiger charge is 2.37. The number of fused-ring (bicyclic) bond motifs is 2. The van der Waals surface area contributed by atoms with Gasteiger partial charge < -0.3 is 5.32 Å². The molecule has 102 valence electrons. The second-order valence-electron chi connectivity index (χ2n) is 5.60. The molecule has 0 unspecified atom stereocenters. The fourth-order valence-corrected chi connectivity index (χ4v) is 3.28. The van der Waals surface area contributed by atoms with Crippen molar-refractivity contribution in [2.75, 3.05) is 0 Å². The van der Waals surface area contributed by atoms with Crippen molar-refractivity contribution in [3.05, 3.63) is 32.6 Å². The minimum atomic E-state index is -0.390. The Morgan fingerprint density at radius 2 is 2.05 bits per heavy atom. The average molecular weight is 263 g/mol. The maximum absolute atomic E-state index is 11.9. The van der Waals surface area contributed by atoms with Crippen LogP contribution >= 0.6 is 0 Å². The number of aromatic amines is 1. The Morgan fingerprint density at radius 3 is 2.84 bits per heavy atom. The molecule has 1 saturated heterocycles. The van der Waals surface area contributed by atoms with Crippen LogP contribution in [0.2, 0.25) is 0 Å². The fourth-order valence-electron chi connectivity index (χ4n) is 3.28. The zero-order chi connectivity index (χ0) is 13.6. The zero-order valence-corrected chi connectivity index (χ0v) is 10.8. The van der Waals surface area contributed by atoms with Crippen molar-refractivity contribution in [2.45, 2.75) is 44.7 Å². The van der Waals surface area contributed by atoms with Crippen LogP contribution in [0.15, 0.2) is 15.8 Å². The molecular formula is C13H17N3O3. The van der Waals surface area contributed by atoms with Crippen LogP contribution in [0.4, 0.5) is 0 Å². The third-order valence-electron chi connectivity index (χ3n) is 4.25. The van der Waals surface area contributed by atoms with Crippen molar-refractivity contribution >= 4 is 5.91 Å². The molecule has 2 N–H and O–H groups in total. The van der Waals surface area contributed by atoms with E-state index in [4.69, 9.17) is 0 Å². The Morgan fingerprint density at radius 1 is 1.26 bits per heavy atom. The summed E-state index contributed by atoms with van der Waals surface area (Å²) in [5.74, 6) is 0.509. The zero-order valence-electron chi connectivity index (χ0n) is 10.8. The molecule has 2 bridgehead atoms. The highest BCUT2D eigenvalue weighted by Crippen LogP contribution is 2.36. The summed E-state index contributed by atoms with van der Waals surface area (Å²) >= 11 is 0. The monoisotopic (exact) mass is 263 g/mol. The number of rotatable bonds is 1. The first-order valence-electron chi connectivity index (χ1n) is 6.66. The van der Waals surface area contributed by atoms with E-state index < -0.39 is 0 Å². The number of amides is 1. The number of hydrogen-bond acceptors (Lipinski definition) is 3. The fraction of sp³-hybridized carbons (Fsp3) is 0.615. The Balaban J connectivity index is 1.98. The molecule has 6 nitrogen and oxygen atoms in total. The highest BCUT2D eigenvalue weighted by molar-refractivity contribution is 5.77. The van der Waals surface area contributed by atoms with Crippen LogP contribution in [0.5, 0.6) is 0 Å². The van der Waals surface area contributed by atoms with Gasteiger partial charge in [-0.1, -0.05) is 0 Å². The van der Waals surface area contributed by atoms with Gasteiger partial charge in [-0.25, -0.2) is 4.79 Å². The molecule has 0 radical (unpaired) electrons. The van der Waals surface area contributed by atoms with E-state index >= 15 is 0 Å². The quantitative estimate of drug-likeness (QED) is 0.752. The van der Waals surface area contributed by atoms with Gasteiger partial charge in [0.1, 0.15) is 0 Å². The number of aryl methyl sites for hydroxylation is 1. The molecule has 2 aliphatic rings. The van der Waals surface area contributed by atoms with Crippen LogP contribution in [0.25, 0.3) is 0 Å². The predicted molar refractivity (Wildman–Crippen MR) is 69.0 cm³/mol. The van der Waals surface area contributed by atoms with E-state index in [1.807, 2.05) is 0 Å². The largest absolute Gasteiger partial charge is 0.351 e. The van der Waals surface area contributed by atoms with Gasteiger partial charge in [0.05, 0.1) is 6.04 Å². The molecule has 1 amide bonds. The van der Waals surface area contributed by atoms with Gasteiger partial charge >= 0.3 is 5.69 Å². The first kappa shape index (κ1) is 12.2. The predicted octanol–water partition coefficient (Wildman–Crippen LogP) is 0.0747. The Labute approximate surface area is 109 Å². The van der Waals surface area contributed by atoms with E-state index in [9.17, 15) is 14.4 Å². The Hall–Kier alpha value is -1.85. The van der Waals surface area contributed by atoms with Gasteiger partial charge in [0.25, 0.3) is 5.56 Å². The maximum Gasteiger partial charge on any atom is 0.328 e. The van der Waals surface area contributed by atoms with Gasteiger partial charge in [-0.15, -0.1) is 0 Å². The molecule has 1 aliphatic carbocycles. The molecule has 1 saturated carbocycles. The molecule has 2 heterocycles. The SMILES string of the molecule is Cc1cn([C@@H]2CC[C@H]3CC(=O)N[C@H]2C3)c(=O)[nH]c1=O. The second kappa shape index (κ2) is 4.36. The summed E-state index contributed by atoms with van der Waals surface area (Å²) in [6.07, 6.45) is 4.94. The van der Waals surface area contributed by atoms with Crippen molar-refractivity contribution in [3.63, 3.8) is 0 Å². The minimum absolute atomic E-state index is 0.00278. The van der Waals surface area contributed by atoms with Gasteiger partial charge in [0.15, 0.2) is 0 Å². The number of aromatic nitrogens is 2. The van der Waals surface area contributed by atoms with Gasteiger partial charge in [-0.3, -0.25) is 19.1 Å². The molecule has 0 aromatic carbocycles. The summed E-state index contributed by atoms with van der Waals surface area (Å²) in [7, 11) is 0. The number of H-pyrrole nitrogens is 1. The molecule has 2 fully saturated rings. The number of hydrogen-bond donors (Lipinski definition) is 2. The number of nitrogens with one attached hydrogen (secondary N) is 2. The van der Waals surface area contributed by atoms with Crippen LogP contribution in [-0.4, -0.2) is 21.5 Å².